The van der Waals surface area contributed by atoms with Crippen molar-refractivity contribution in [1.82, 2.24) is 5.32 Å². The molecule has 2 aromatic carbocycles. The van der Waals surface area contributed by atoms with Crippen LogP contribution >= 0.6 is 0 Å². The number of hydrogen-bond acceptors (Lipinski definition) is 5. The summed E-state index contributed by atoms with van der Waals surface area (Å²) >= 11 is 0. The molecule has 5 N–H and O–H groups in total. The highest BCUT2D eigenvalue weighted by atomic mass is 16.4. The lowest BCUT2D eigenvalue weighted by molar-refractivity contribution is -0.152. The molecule has 7 nitrogen and oxygen atoms in total. The molecule has 2 atom stereocenters. The first kappa shape index (κ1) is 23.3. The summed E-state index contributed by atoms with van der Waals surface area (Å²) in [5.41, 5.74) is 5.90. The minimum absolute atomic E-state index is 0.433. The highest BCUT2D eigenvalue weighted by molar-refractivity contribution is 5.84. The van der Waals surface area contributed by atoms with Gasteiger partial charge in [-0.3, -0.25) is 4.79 Å². The molecule has 0 amide bonds. The topological polar surface area (TPSA) is 127 Å². The number of carbonyl (C=O) groups is 2. The van der Waals surface area contributed by atoms with Gasteiger partial charge in [0, 0.05) is 6.42 Å². The molecule has 0 radical (unpaired) electrons. The molecule has 0 saturated heterocycles. The molecule has 2 aromatic rings. The van der Waals surface area contributed by atoms with Gasteiger partial charge in [-0.2, -0.15) is 0 Å². The van der Waals surface area contributed by atoms with Crippen molar-refractivity contribution < 1.29 is 30.0 Å². The Labute approximate surface area is 175 Å². The summed E-state index contributed by atoms with van der Waals surface area (Å²) in [5, 5.41) is 37.9. The van der Waals surface area contributed by atoms with Crippen LogP contribution in [-0.4, -0.2) is 52.1 Å². The van der Waals surface area contributed by atoms with E-state index in [1.807, 2.05) is 31.3 Å². The number of rotatable bonds is 6. The van der Waals surface area contributed by atoms with E-state index in [2.05, 4.69) is 35.7 Å². The molecule has 30 heavy (non-hydrogen) atoms. The molecule has 3 rings (SSSR count). The van der Waals surface area contributed by atoms with Crippen LogP contribution in [0.3, 0.4) is 0 Å². The maximum Gasteiger partial charge on any atom is 0.333 e. The van der Waals surface area contributed by atoms with Crippen molar-refractivity contribution in [2.24, 2.45) is 0 Å². The normalized spacial score (nSPS) is 17.0. The number of fused-ring (bicyclic) bond motifs is 2. The first-order valence-corrected chi connectivity index (χ1v) is 9.68. The molecule has 0 unspecified atom stereocenters. The van der Waals surface area contributed by atoms with Gasteiger partial charge in [0.2, 0.25) is 0 Å². The van der Waals surface area contributed by atoms with Crippen molar-refractivity contribution >= 4 is 17.5 Å². The van der Waals surface area contributed by atoms with Crippen molar-refractivity contribution in [2.75, 3.05) is 13.6 Å². The van der Waals surface area contributed by atoms with Gasteiger partial charge in [0.15, 0.2) is 6.10 Å². The Balaban J connectivity index is 0.000000303. The fourth-order valence-electron chi connectivity index (χ4n) is 3.29. The van der Waals surface area contributed by atoms with E-state index in [1.165, 1.54) is 16.7 Å². The Hall–Kier alpha value is -3.00. The second-order valence-electron chi connectivity index (χ2n) is 6.93. The van der Waals surface area contributed by atoms with E-state index in [0.717, 1.165) is 24.1 Å². The summed E-state index contributed by atoms with van der Waals surface area (Å²) in [6.07, 6.45) is 0.961. The molecule has 0 saturated carbocycles. The lowest BCUT2D eigenvalue weighted by atomic mass is 9.93. The monoisotopic (exact) mass is 413 g/mol. The van der Waals surface area contributed by atoms with E-state index in [9.17, 15) is 14.7 Å². The molecule has 0 heterocycles. The van der Waals surface area contributed by atoms with Crippen LogP contribution in [0.1, 0.15) is 41.2 Å². The van der Waals surface area contributed by atoms with Gasteiger partial charge >= 0.3 is 11.9 Å². The zero-order chi connectivity index (χ0) is 22.1. The summed E-state index contributed by atoms with van der Waals surface area (Å²) in [6, 6.07) is 16.6. The highest BCUT2D eigenvalue weighted by Crippen LogP contribution is 2.37. The Bertz CT molecular complexity index is 908. The average molecular weight is 413 g/mol. The molecule has 7 heteroatoms. The third kappa shape index (κ3) is 6.25. The van der Waals surface area contributed by atoms with E-state index < -0.39 is 30.6 Å². The molecular formula is C23H27NO6. The number of carboxylic acid groups (broad SMARTS) is 2. The minimum atomic E-state index is -1.79. The Morgan fingerprint density at radius 2 is 1.73 bits per heavy atom. The van der Waals surface area contributed by atoms with Gasteiger partial charge < -0.3 is 25.7 Å². The number of hydrogen-bond donors (Lipinski definition) is 5. The fraction of sp³-hybridized carbons (Fsp3) is 0.304. The van der Waals surface area contributed by atoms with Crippen LogP contribution in [0.25, 0.3) is 5.57 Å². The zero-order valence-electron chi connectivity index (χ0n) is 16.8. The molecular weight excluding hydrogens is 386 g/mol. The van der Waals surface area contributed by atoms with Crippen molar-refractivity contribution in [3.8, 4) is 0 Å². The number of aliphatic hydroxyl groups is 2. The third-order valence-corrected chi connectivity index (χ3v) is 4.73. The van der Waals surface area contributed by atoms with Crippen molar-refractivity contribution in [3.63, 3.8) is 0 Å². The predicted octanol–water partition coefficient (Wildman–Crippen LogP) is 2.22. The van der Waals surface area contributed by atoms with Gasteiger partial charge in [-0.25, -0.2) is 4.79 Å². The maximum absolute atomic E-state index is 10.5. The zero-order valence-corrected chi connectivity index (χ0v) is 16.8. The number of aliphatic hydroxyl groups excluding tert-OH is 2. The lowest BCUT2D eigenvalue weighted by Crippen LogP contribution is -2.22. The van der Waals surface area contributed by atoms with Gasteiger partial charge in [-0.1, -0.05) is 54.6 Å². The molecule has 0 aliphatic heterocycles. The van der Waals surface area contributed by atoms with Crippen LogP contribution in [0.2, 0.25) is 0 Å². The van der Waals surface area contributed by atoms with Crippen molar-refractivity contribution in [3.05, 3.63) is 76.9 Å². The van der Waals surface area contributed by atoms with E-state index in [4.69, 9.17) is 15.3 Å². The van der Waals surface area contributed by atoms with E-state index in [-0.39, 0.29) is 0 Å². The molecule has 0 fully saturated rings. The molecule has 0 bridgehead atoms. The molecule has 0 aromatic heterocycles. The van der Waals surface area contributed by atoms with Crippen molar-refractivity contribution in [2.45, 2.75) is 31.5 Å². The number of aliphatic carboxylic acids is 2. The molecule has 1 aliphatic rings. The van der Waals surface area contributed by atoms with Gasteiger partial charge in [-0.15, -0.1) is 0 Å². The Morgan fingerprint density at radius 1 is 1.10 bits per heavy atom. The summed E-state index contributed by atoms with van der Waals surface area (Å²) in [5.74, 6) is -2.85. The van der Waals surface area contributed by atoms with E-state index in [1.54, 1.807) is 0 Å². The largest absolute Gasteiger partial charge is 0.481 e. The van der Waals surface area contributed by atoms with Gasteiger partial charge in [-0.05, 0) is 47.8 Å². The molecule has 1 aliphatic carbocycles. The fourth-order valence-corrected chi connectivity index (χ4v) is 3.29. The van der Waals surface area contributed by atoms with E-state index >= 15 is 0 Å². The van der Waals surface area contributed by atoms with Crippen LogP contribution in [0.4, 0.5) is 0 Å². The smallest absolute Gasteiger partial charge is 0.333 e. The number of benzene rings is 2. The minimum Gasteiger partial charge on any atom is -0.481 e. The SMILES string of the molecule is CNCC/C=C1\c2ccccc2C[C@@H](O)c2ccccc21.O=C(O)C[C@H](O)C(=O)O. The first-order valence-electron chi connectivity index (χ1n) is 9.68. The molecule has 0 spiro atoms. The lowest BCUT2D eigenvalue weighted by Gasteiger charge is -2.13. The summed E-state index contributed by atoms with van der Waals surface area (Å²) < 4.78 is 0. The second-order valence-corrected chi connectivity index (χ2v) is 6.93. The standard InChI is InChI=1S/C19H21NO.C4H6O5/c1-20-12-6-11-16-15-8-3-2-7-14(15)13-19(21)18-10-5-4-9-17(16)18;5-2(4(8)9)1-3(6)7/h2-5,7-11,19-21H,6,12-13H2,1H3;2,5H,1H2,(H,6,7)(H,8,9)/b16-11+;/t19-;2-/m10/s1. The van der Waals surface area contributed by atoms with E-state index in [0.29, 0.717) is 6.42 Å². The Morgan fingerprint density at radius 3 is 2.33 bits per heavy atom. The second kappa shape index (κ2) is 11.3. The van der Waals surface area contributed by atoms with Crippen LogP contribution < -0.4 is 5.32 Å². The van der Waals surface area contributed by atoms with Crippen LogP contribution in [0, 0.1) is 0 Å². The van der Waals surface area contributed by atoms with Crippen LogP contribution in [-0.2, 0) is 16.0 Å². The highest BCUT2D eigenvalue weighted by Gasteiger charge is 2.22. The third-order valence-electron chi connectivity index (χ3n) is 4.73. The van der Waals surface area contributed by atoms with Crippen molar-refractivity contribution in [1.29, 1.82) is 0 Å². The summed E-state index contributed by atoms with van der Waals surface area (Å²) in [7, 11) is 1.97. The predicted molar refractivity (Wildman–Crippen MR) is 113 cm³/mol. The Kier molecular flexibility index (Phi) is 8.73. The van der Waals surface area contributed by atoms with Crippen LogP contribution in [0.15, 0.2) is 54.6 Å². The van der Waals surface area contributed by atoms with Gasteiger partial charge in [0.25, 0.3) is 0 Å². The summed E-state index contributed by atoms with van der Waals surface area (Å²) in [4.78, 5) is 19.4. The number of nitrogens with one attached hydrogen (secondary N) is 1. The first-order chi connectivity index (χ1) is 14.3. The van der Waals surface area contributed by atoms with Gasteiger partial charge in [0.05, 0.1) is 12.5 Å². The van der Waals surface area contributed by atoms with Crippen LogP contribution in [0.5, 0.6) is 0 Å². The number of carboxylic acids is 2. The summed E-state index contributed by atoms with van der Waals surface area (Å²) in [6.45, 7) is 0.955. The quantitative estimate of drug-likeness (QED) is 0.460. The van der Waals surface area contributed by atoms with Gasteiger partial charge in [0.1, 0.15) is 0 Å². The molecule has 160 valence electrons. The maximum atomic E-state index is 10.5. The average Bonchev–Trinajstić information content (AvgIpc) is 2.83.